The summed E-state index contributed by atoms with van der Waals surface area (Å²) < 4.78 is 15.0. The molecule has 0 fully saturated rings. The van der Waals surface area contributed by atoms with Crippen molar-refractivity contribution in [2.75, 3.05) is 6.54 Å². The molecule has 1 aliphatic rings. The number of allylic oxidation sites excluding steroid dienone is 3. The largest absolute Gasteiger partial charge is 0.383 e. The second-order valence-corrected chi connectivity index (χ2v) is 6.27. The molecule has 8 heteroatoms. The molecular weight excluding hydrogens is 335 g/mol. The van der Waals surface area contributed by atoms with Crippen LogP contribution in [0, 0.1) is 11.7 Å². The van der Waals surface area contributed by atoms with Gasteiger partial charge in [-0.1, -0.05) is 31.5 Å². The molecule has 1 aliphatic heterocycles. The maximum absolute atomic E-state index is 13.7. The Morgan fingerprint density at radius 2 is 2.08 bits per heavy atom. The van der Waals surface area contributed by atoms with Crippen LogP contribution >= 0.6 is 11.6 Å². The Morgan fingerprint density at radius 1 is 1.38 bits per heavy atom. The van der Waals surface area contributed by atoms with E-state index in [1.807, 2.05) is 26.8 Å². The minimum Gasteiger partial charge on any atom is -0.383 e. The van der Waals surface area contributed by atoms with Gasteiger partial charge in [0.1, 0.15) is 0 Å². The van der Waals surface area contributed by atoms with E-state index in [1.54, 1.807) is 0 Å². The van der Waals surface area contributed by atoms with E-state index >= 15 is 0 Å². The highest BCUT2D eigenvalue weighted by Crippen LogP contribution is 2.27. The van der Waals surface area contributed by atoms with E-state index in [9.17, 15) is 14.0 Å². The van der Waals surface area contributed by atoms with E-state index in [2.05, 4.69) is 15.3 Å². The van der Waals surface area contributed by atoms with Gasteiger partial charge in [-0.15, -0.1) is 0 Å². The number of nitrogens with one attached hydrogen (secondary N) is 2. The highest BCUT2D eigenvalue weighted by Gasteiger charge is 2.22. The molecule has 2 N–H and O–H groups in total. The zero-order valence-corrected chi connectivity index (χ0v) is 14.2. The summed E-state index contributed by atoms with van der Waals surface area (Å²) in [5.41, 5.74) is 0.971. The van der Waals surface area contributed by atoms with E-state index in [0.29, 0.717) is 12.2 Å². The van der Waals surface area contributed by atoms with Crippen molar-refractivity contribution < 1.29 is 4.39 Å². The average Bonchev–Trinajstić information content (AvgIpc) is 2.50. The molecule has 3 heterocycles. The molecule has 2 aromatic heterocycles. The first-order valence-corrected chi connectivity index (χ1v) is 7.85. The molecule has 0 amide bonds. The van der Waals surface area contributed by atoms with Gasteiger partial charge in [0.15, 0.2) is 16.6 Å². The molecule has 126 valence electrons. The van der Waals surface area contributed by atoms with Crippen LogP contribution in [0.1, 0.15) is 20.8 Å². The van der Waals surface area contributed by atoms with Gasteiger partial charge in [-0.2, -0.15) is 0 Å². The van der Waals surface area contributed by atoms with Crippen molar-refractivity contribution in [2.45, 2.75) is 20.8 Å². The lowest BCUT2D eigenvalue weighted by molar-refractivity contribution is 0.623. The molecule has 0 atom stereocenters. The number of hydrogen-bond acceptors (Lipinski definition) is 4. The van der Waals surface area contributed by atoms with Crippen LogP contribution in [-0.2, 0) is 0 Å². The zero-order valence-electron chi connectivity index (χ0n) is 13.4. The number of rotatable bonds is 2. The van der Waals surface area contributed by atoms with Crippen molar-refractivity contribution in [3.63, 3.8) is 0 Å². The molecular formula is C16H16ClFN4O2. The number of fused-ring (bicyclic) bond motifs is 1. The minimum absolute atomic E-state index is 0.0275. The average molecular weight is 351 g/mol. The predicted octanol–water partition coefficient (Wildman–Crippen LogP) is 2.25. The number of halogens is 2. The summed E-state index contributed by atoms with van der Waals surface area (Å²) in [6.07, 6.45) is 1.93. The summed E-state index contributed by atoms with van der Waals surface area (Å²) in [5, 5.41) is 2.82. The molecule has 0 saturated heterocycles. The Labute approximate surface area is 141 Å². The number of hydrogen-bond donors (Lipinski definition) is 2. The fourth-order valence-corrected chi connectivity index (χ4v) is 2.93. The van der Waals surface area contributed by atoms with Gasteiger partial charge >= 0.3 is 5.69 Å². The lowest BCUT2D eigenvalue weighted by atomic mass is 10.0. The van der Waals surface area contributed by atoms with Crippen LogP contribution in [0.3, 0.4) is 0 Å². The van der Waals surface area contributed by atoms with Crippen molar-refractivity contribution in [3.8, 4) is 0 Å². The van der Waals surface area contributed by atoms with Crippen LogP contribution in [0.4, 0.5) is 4.39 Å². The minimum atomic E-state index is -0.813. The third kappa shape index (κ3) is 2.54. The smallest absolute Gasteiger partial charge is 0.334 e. The van der Waals surface area contributed by atoms with E-state index in [-0.39, 0.29) is 17.0 Å². The first-order valence-electron chi connectivity index (χ1n) is 7.48. The normalized spacial score (nSPS) is 15.0. The SMILES string of the molecule is CC1=CCNC(C(C)C)=C1n1c(=O)[nH]c(=O)c2cc(F)c(Cl)nc21. The van der Waals surface area contributed by atoms with Gasteiger partial charge in [0, 0.05) is 12.2 Å². The van der Waals surface area contributed by atoms with E-state index in [1.165, 1.54) is 4.57 Å². The Bertz CT molecular complexity index is 1020. The second-order valence-electron chi connectivity index (χ2n) is 5.91. The van der Waals surface area contributed by atoms with Gasteiger partial charge < -0.3 is 5.32 Å². The molecule has 0 unspecified atom stereocenters. The zero-order chi connectivity index (χ0) is 17.6. The number of aromatic nitrogens is 3. The van der Waals surface area contributed by atoms with Gasteiger partial charge in [0.05, 0.1) is 11.1 Å². The summed E-state index contributed by atoms with van der Waals surface area (Å²) in [6.45, 7) is 6.48. The molecule has 2 aromatic rings. The first-order chi connectivity index (χ1) is 11.3. The number of pyridine rings is 1. The van der Waals surface area contributed by atoms with Gasteiger partial charge in [0.25, 0.3) is 5.56 Å². The van der Waals surface area contributed by atoms with Crippen molar-refractivity contribution in [3.05, 3.63) is 55.2 Å². The molecule has 24 heavy (non-hydrogen) atoms. The van der Waals surface area contributed by atoms with Crippen molar-refractivity contribution in [1.29, 1.82) is 0 Å². The number of aromatic amines is 1. The van der Waals surface area contributed by atoms with E-state index < -0.39 is 22.2 Å². The predicted molar refractivity (Wildman–Crippen MR) is 91.4 cm³/mol. The van der Waals surface area contributed by atoms with Crippen LogP contribution in [0.15, 0.2) is 33.0 Å². The number of H-pyrrole nitrogens is 1. The molecule has 0 bridgehead atoms. The third-order valence-corrected chi connectivity index (χ3v) is 4.19. The molecule has 6 nitrogen and oxygen atoms in total. The van der Waals surface area contributed by atoms with Crippen molar-refractivity contribution in [1.82, 2.24) is 19.9 Å². The van der Waals surface area contributed by atoms with E-state index in [0.717, 1.165) is 17.3 Å². The Hall–Kier alpha value is -2.41. The summed E-state index contributed by atoms with van der Waals surface area (Å²) >= 11 is 5.78. The molecule has 3 rings (SSSR count). The van der Waals surface area contributed by atoms with Crippen LogP contribution < -0.4 is 16.6 Å². The quantitative estimate of drug-likeness (QED) is 0.814. The van der Waals surface area contributed by atoms with Crippen LogP contribution in [0.5, 0.6) is 0 Å². The van der Waals surface area contributed by atoms with E-state index in [4.69, 9.17) is 11.6 Å². The maximum Gasteiger partial charge on any atom is 0.334 e. The summed E-state index contributed by atoms with van der Waals surface area (Å²) in [6, 6.07) is 0.990. The first kappa shape index (κ1) is 16.4. The second kappa shape index (κ2) is 5.90. The van der Waals surface area contributed by atoms with Crippen molar-refractivity contribution >= 4 is 28.3 Å². The monoisotopic (exact) mass is 350 g/mol. The lowest BCUT2D eigenvalue weighted by Gasteiger charge is -2.25. The molecule has 0 spiro atoms. The fourth-order valence-electron chi connectivity index (χ4n) is 2.80. The van der Waals surface area contributed by atoms with Crippen molar-refractivity contribution in [2.24, 2.45) is 5.92 Å². The molecule has 0 aliphatic carbocycles. The highest BCUT2D eigenvalue weighted by atomic mass is 35.5. The number of dihydropyridines is 1. The standard InChI is InChI=1S/C16H16ClFN4O2/c1-7(2)11-12(8(3)4-5-19-11)22-14-9(15(23)21-16(22)24)6-10(18)13(17)20-14/h4,6-7,19H,5H2,1-3H3,(H,21,23,24). The molecule has 0 saturated carbocycles. The van der Waals surface area contributed by atoms with Crippen LogP contribution in [0.25, 0.3) is 16.7 Å². The van der Waals surface area contributed by atoms with Crippen LogP contribution in [-0.4, -0.2) is 21.1 Å². The van der Waals surface area contributed by atoms with Gasteiger partial charge in [-0.3, -0.25) is 9.78 Å². The summed E-state index contributed by atoms with van der Waals surface area (Å²) in [5.74, 6) is -0.708. The van der Waals surface area contributed by atoms with Gasteiger partial charge in [-0.05, 0) is 24.5 Å². The Balaban J connectivity index is 2.50. The Kier molecular flexibility index (Phi) is 4.04. The maximum atomic E-state index is 13.7. The Morgan fingerprint density at radius 3 is 2.75 bits per heavy atom. The third-order valence-electron chi connectivity index (χ3n) is 3.92. The summed E-state index contributed by atoms with van der Waals surface area (Å²) in [7, 11) is 0. The highest BCUT2D eigenvalue weighted by molar-refractivity contribution is 6.29. The van der Waals surface area contributed by atoms with Crippen LogP contribution in [0.2, 0.25) is 5.15 Å². The molecule has 0 aromatic carbocycles. The van der Waals surface area contributed by atoms with Gasteiger partial charge in [0.2, 0.25) is 0 Å². The molecule has 0 radical (unpaired) electrons. The topological polar surface area (TPSA) is 79.8 Å². The summed E-state index contributed by atoms with van der Waals surface area (Å²) in [4.78, 5) is 30.7. The fraction of sp³-hybridized carbons (Fsp3) is 0.312. The lowest BCUT2D eigenvalue weighted by Crippen LogP contribution is -2.34. The van der Waals surface area contributed by atoms with Gasteiger partial charge in [-0.25, -0.2) is 18.7 Å². The number of nitrogens with zero attached hydrogens (tertiary/aromatic N) is 2.